The molecule has 6 heterocycles. The fourth-order valence-corrected chi connectivity index (χ4v) is 16.8. The lowest BCUT2D eigenvalue weighted by molar-refractivity contribution is 0.475. The van der Waals surface area contributed by atoms with Crippen molar-refractivity contribution in [3.63, 3.8) is 0 Å². The Balaban J connectivity index is 1.21. The SMILES string of the molecule is CCc1ccc([Si](c2ccc3c(c2)c2nc(C(C)(C)CC)ncc2n3-c2ccccc2)(c2ccc3c(c2)c2nc(C(C)(C)CC)ncc2n3-c2ccccc2)c2ccc3c(c2)c2nc(C(C)(C)CC)ncc2n3-c2ccccc2)cc1. The average molecular weight is 1080 g/mol. The molecular weight excluding hydrogens is 1010 g/mol. The number of aromatic nitrogens is 9. The monoisotopic (exact) mass is 1080 g/mol. The zero-order valence-corrected chi connectivity index (χ0v) is 49.3. The molecule has 0 spiro atoms. The van der Waals surface area contributed by atoms with E-state index in [1.165, 1.54) is 26.3 Å². The summed E-state index contributed by atoms with van der Waals surface area (Å²) in [6.07, 6.45) is 9.79. The highest BCUT2D eigenvalue weighted by Crippen LogP contribution is 2.38. The van der Waals surface area contributed by atoms with Crippen molar-refractivity contribution in [2.75, 3.05) is 0 Å². The van der Waals surface area contributed by atoms with E-state index in [-0.39, 0.29) is 16.2 Å². The van der Waals surface area contributed by atoms with Gasteiger partial charge in [-0.15, -0.1) is 0 Å². The molecule has 13 rings (SSSR count). The van der Waals surface area contributed by atoms with Crippen LogP contribution in [0.1, 0.15) is 112 Å². The van der Waals surface area contributed by atoms with Crippen LogP contribution in [0.15, 0.2) is 188 Å². The second-order valence-electron chi connectivity index (χ2n) is 24.0. The minimum absolute atomic E-state index is 0.235. The Kier molecular flexibility index (Phi) is 12.5. The summed E-state index contributed by atoms with van der Waals surface area (Å²) in [4.78, 5) is 32.1. The van der Waals surface area contributed by atoms with E-state index >= 15 is 0 Å². The zero-order chi connectivity index (χ0) is 56.0. The smallest absolute Gasteiger partial charge is 0.179 e. The summed E-state index contributed by atoms with van der Waals surface area (Å²) in [5.41, 5.74) is 12.8. The molecule has 81 heavy (non-hydrogen) atoms. The highest BCUT2D eigenvalue weighted by molar-refractivity contribution is 7.20. The standard InChI is InChI=1S/C71H69N9Si/c1-11-46-30-32-50(33-31-46)81(51-34-37-57-54(40-51)63-60(78(57)47-24-18-15-19-25-47)43-72-66(75-63)69(5,6)12-2,52-35-38-58-55(41-52)64-61(79(58)48-26-20-16-21-27-48)44-73-67(76-64)70(7,8)13-3)53-36-39-59-56(42-53)65-62(80(59)49-28-22-17-23-29-49)45-74-68(77-65)71(9,10)14-4/h15-45H,11-14H2,1-10H3. The number of hydrogen-bond donors (Lipinski definition) is 0. The van der Waals surface area contributed by atoms with Crippen LogP contribution in [0.2, 0.25) is 0 Å². The van der Waals surface area contributed by atoms with Gasteiger partial charge >= 0.3 is 0 Å². The molecule has 0 N–H and O–H groups in total. The van der Waals surface area contributed by atoms with Gasteiger partial charge < -0.3 is 13.7 Å². The van der Waals surface area contributed by atoms with Crippen LogP contribution < -0.4 is 20.7 Å². The van der Waals surface area contributed by atoms with E-state index in [0.717, 1.165) is 126 Å². The second kappa shape index (κ2) is 19.6. The molecule has 0 atom stereocenters. The number of para-hydroxylation sites is 3. The molecule has 0 aliphatic carbocycles. The molecule has 7 aromatic carbocycles. The summed E-state index contributed by atoms with van der Waals surface area (Å²) in [6, 6.07) is 63.3. The lowest BCUT2D eigenvalue weighted by atomic mass is 9.89. The van der Waals surface area contributed by atoms with Crippen molar-refractivity contribution in [1.82, 2.24) is 43.6 Å². The zero-order valence-electron chi connectivity index (χ0n) is 48.3. The van der Waals surface area contributed by atoms with Crippen LogP contribution in [0.3, 0.4) is 0 Å². The molecule has 0 unspecified atom stereocenters. The maximum Gasteiger partial charge on any atom is 0.179 e. The number of hydrogen-bond acceptors (Lipinski definition) is 6. The average Bonchev–Trinajstić information content (AvgIpc) is 4.27. The predicted octanol–water partition coefficient (Wildman–Crippen LogP) is 14.4. The Bertz CT molecular complexity index is 4110. The van der Waals surface area contributed by atoms with Gasteiger partial charge in [-0.05, 0) is 107 Å². The summed E-state index contributed by atoms with van der Waals surface area (Å²) in [5.74, 6) is 2.53. The van der Waals surface area contributed by atoms with Gasteiger partial charge in [0.1, 0.15) is 34.0 Å². The Hall–Kier alpha value is -8.60. The molecule has 0 amide bonds. The number of benzene rings is 7. The third-order valence-electron chi connectivity index (χ3n) is 18.1. The van der Waals surface area contributed by atoms with E-state index in [2.05, 4.69) is 271 Å². The van der Waals surface area contributed by atoms with Crippen molar-refractivity contribution in [2.24, 2.45) is 0 Å². The van der Waals surface area contributed by atoms with Gasteiger partial charge in [0.15, 0.2) is 8.07 Å². The van der Waals surface area contributed by atoms with Crippen LogP contribution in [0.25, 0.3) is 82.9 Å². The van der Waals surface area contributed by atoms with E-state index in [4.69, 9.17) is 29.9 Å². The first kappa shape index (κ1) is 51.8. The van der Waals surface area contributed by atoms with Gasteiger partial charge in [-0.25, -0.2) is 29.9 Å². The summed E-state index contributed by atoms with van der Waals surface area (Å²) in [5, 5.41) is 8.26. The van der Waals surface area contributed by atoms with Crippen molar-refractivity contribution < 1.29 is 0 Å². The van der Waals surface area contributed by atoms with Crippen molar-refractivity contribution in [2.45, 2.75) is 111 Å². The van der Waals surface area contributed by atoms with Gasteiger partial charge in [-0.1, -0.05) is 184 Å². The molecule has 0 saturated heterocycles. The minimum atomic E-state index is -3.49. The molecule has 0 fully saturated rings. The Morgan fingerprint density at radius 1 is 0.346 bits per heavy atom. The lowest BCUT2D eigenvalue weighted by Crippen LogP contribution is -2.74. The van der Waals surface area contributed by atoms with Crippen LogP contribution >= 0.6 is 0 Å². The number of aryl methyl sites for hydroxylation is 1. The van der Waals surface area contributed by atoms with Gasteiger partial charge in [-0.3, -0.25) is 0 Å². The van der Waals surface area contributed by atoms with Crippen LogP contribution in [0, 0.1) is 0 Å². The van der Waals surface area contributed by atoms with Crippen LogP contribution in [-0.4, -0.2) is 51.7 Å². The van der Waals surface area contributed by atoms with E-state index < -0.39 is 8.07 Å². The van der Waals surface area contributed by atoms with Gasteiger partial charge in [-0.2, -0.15) is 0 Å². The summed E-state index contributed by atoms with van der Waals surface area (Å²) in [6.45, 7) is 22.4. The molecule has 13 aromatic rings. The Labute approximate surface area is 475 Å². The molecule has 6 aromatic heterocycles. The van der Waals surface area contributed by atoms with Gasteiger partial charge in [0.05, 0.1) is 51.7 Å². The topological polar surface area (TPSA) is 92.1 Å². The van der Waals surface area contributed by atoms with E-state index in [1.807, 2.05) is 0 Å². The highest BCUT2D eigenvalue weighted by atomic mass is 28.3. The van der Waals surface area contributed by atoms with Crippen molar-refractivity contribution in [3.05, 3.63) is 211 Å². The second-order valence-corrected chi connectivity index (χ2v) is 27.8. The molecule has 0 aliphatic heterocycles. The predicted molar refractivity (Wildman–Crippen MR) is 339 cm³/mol. The van der Waals surface area contributed by atoms with Gasteiger partial charge in [0.25, 0.3) is 0 Å². The first-order valence-electron chi connectivity index (χ1n) is 28.9. The van der Waals surface area contributed by atoms with Crippen LogP contribution in [0.5, 0.6) is 0 Å². The Morgan fingerprint density at radius 2 is 0.642 bits per heavy atom. The van der Waals surface area contributed by atoms with E-state index in [9.17, 15) is 0 Å². The maximum atomic E-state index is 5.59. The molecule has 402 valence electrons. The summed E-state index contributed by atoms with van der Waals surface area (Å²) in [7, 11) is -3.49. The fourth-order valence-electron chi connectivity index (χ4n) is 12.1. The number of fused-ring (bicyclic) bond motifs is 9. The minimum Gasteiger partial charge on any atom is -0.306 e. The van der Waals surface area contributed by atoms with Crippen LogP contribution in [0.4, 0.5) is 0 Å². The van der Waals surface area contributed by atoms with E-state index in [0.29, 0.717) is 0 Å². The molecule has 0 bridgehead atoms. The third-order valence-corrected chi connectivity index (χ3v) is 22.8. The fraction of sp³-hybridized carbons (Fsp3) is 0.239. The molecule has 0 saturated carbocycles. The van der Waals surface area contributed by atoms with Crippen LogP contribution in [-0.2, 0) is 22.7 Å². The molecule has 0 aliphatic rings. The largest absolute Gasteiger partial charge is 0.306 e. The van der Waals surface area contributed by atoms with Crippen molar-refractivity contribution >= 4 is 94.6 Å². The summed E-state index contributed by atoms with van der Waals surface area (Å²) >= 11 is 0. The van der Waals surface area contributed by atoms with Gasteiger partial charge in [0, 0.05) is 49.5 Å². The first-order valence-corrected chi connectivity index (χ1v) is 30.9. The molecule has 9 nitrogen and oxygen atoms in total. The normalized spacial score (nSPS) is 12.8. The highest BCUT2D eigenvalue weighted by Gasteiger charge is 2.43. The maximum absolute atomic E-state index is 5.59. The number of rotatable bonds is 14. The summed E-state index contributed by atoms with van der Waals surface area (Å²) < 4.78 is 7.03. The molecule has 10 heteroatoms. The van der Waals surface area contributed by atoms with E-state index in [1.54, 1.807) is 0 Å². The molecule has 0 radical (unpaired) electrons. The van der Waals surface area contributed by atoms with Crippen molar-refractivity contribution in [3.8, 4) is 17.1 Å². The third kappa shape index (κ3) is 8.23. The quantitative estimate of drug-likeness (QED) is 0.0796. The first-order chi connectivity index (χ1) is 39.2. The van der Waals surface area contributed by atoms with Crippen molar-refractivity contribution in [1.29, 1.82) is 0 Å². The van der Waals surface area contributed by atoms with Gasteiger partial charge in [0.2, 0.25) is 0 Å². The lowest BCUT2D eigenvalue weighted by Gasteiger charge is -2.35. The number of nitrogens with zero attached hydrogens (tertiary/aromatic N) is 9. The Morgan fingerprint density at radius 3 is 0.926 bits per heavy atom. The molecular formula is C71H69N9Si.